The Morgan fingerprint density at radius 1 is 0.660 bits per heavy atom. The van der Waals surface area contributed by atoms with E-state index in [2.05, 4.69) is 112 Å². The number of nitrogens with zero attached hydrogens (tertiary/aromatic N) is 2. The van der Waals surface area contributed by atoms with Crippen LogP contribution in [0.25, 0.3) is 66.0 Å². The van der Waals surface area contributed by atoms with Crippen LogP contribution < -0.4 is 0 Å². The summed E-state index contributed by atoms with van der Waals surface area (Å²) in [5.41, 5.74) is 9.55. The number of furan rings is 1. The van der Waals surface area contributed by atoms with E-state index in [-0.39, 0.29) is 25.5 Å². The molecule has 0 bridgehead atoms. The Balaban J connectivity index is 0.000000232. The predicted molar refractivity (Wildman–Crippen MR) is 192 cm³/mol. The van der Waals surface area contributed by atoms with E-state index in [0.29, 0.717) is 0 Å². The molecule has 5 aromatic carbocycles. The summed E-state index contributed by atoms with van der Waals surface area (Å²) in [5.74, 6) is 0. The number of pyridine rings is 2. The van der Waals surface area contributed by atoms with Gasteiger partial charge >= 0.3 is 0 Å². The summed E-state index contributed by atoms with van der Waals surface area (Å²) < 4.78 is 6.49. The summed E-state index contributed by atoms with van der Waals surface area (Å²) in [6, 6.07) is 42.1. The summed E-state index contributed by atoms with van der Waals surface area (Å²) in [5, 5.41) is 7.16. The topological polar surface area (TPSA) is 38.9 Å². The van der Waals surface area contributed by atoms with Gasteiger partial charge in [-0.05, 0) is 81.9 Å². The fourth-order valence-electron chi connectivity index (χ4n) is 6.08. The number of rotatable bonds is 3. The maximum absolute atomic E-state index is 6.49. The first-order valence-corrected chi connectivity index (χ1v) is 15.8. The zero-order valence-corrected chi connectivity index (χ0v) is 29.7. The first kappa shape index (κ1) is 32.3. The maximum atomic E-state index is 6.49. The standard InChI is InChI=1S/C31H26NO.C12H10N.Ir/c1-19-18-32-28(15-22(19)17-31(2,3)4)25-11-7-10-24-27-14-21-13-12-20-8-5-6-9-23(20)26(21)16-29(27)33-30(24)25;1-10-7-8-12(13-9-10)11-5-3-2-4-6-11;/h5-10,12-16,18H,17H2,1-4H3;2-5,7-9H,1H3;/q2*-1;. The third kappa shape index (κ3) is 6.76. The summed E-state index contributed by atoms with van der Waals surface area (Å²) in [4.78, 5) is 9.08. The molecule has 0 atom stereocenters. The molecule has 4 heteroatoms. The molecule has 0 amide bonds. The Kier molecular flexibility index (Phi) is 9.10. The molecule has 0 saturated heterocycles. The van der Waals surface area contributed by atoms with E-state index in [9.17, 15) is 0 Å². The van der Waals surface area contributed by atoms with Crippen molar-refractivity contribution in [3.63, 3.8) is 0 Å². The van der Waals surface area contributed by atoms with Gasteiger partial charge in [0.1, 0.15) is 5.58 Å². The largest absolute Gasteiger partial charge is 0.501 e. The fourth-order valence-corrected chi connectivity index (χ4v) is 6.08. The number of aromatic nitrogens is 2. The number of benzene rings is 5. The Morgan fingerprint density at radius 2 is 1.45 bits per heavy atom. The Hall–Kier alpha value is -4.63. The molecule has 3 nitrogen and oxygen atoms in total. The van der Waals surface area contributed by atoms with Crippen molar-refractivity contribution in [2.45, 2.75) is 41.0 Å². The van der Waals surface area contributed by atoms with Crippen molar-refractivity contribution in [2.24, 2.45) is 5.41 Å². The predicted octanol–water partition coefficient (Wildman–Crippen LogP) is 11.5. The number of hydrogen-bond donors (Lipinski definition) is 0. The van der Waals surface area contributed by atoms with Gasteiger partial charge < -0.3 is 14.4 Å². The third-order valence-electron chi connectivity index (χ3n) is 8.38. The van der Waals surface area contributed by atoms with Crippen molar-refractivity contribution < 1.29 is 24.5 Å². The van der Waals surface area contributed by atoms with E-state index in [1.807, 2.05) is 55.7 Å². The molecule has 1 radical (unpaired) electrons. The Labute approximate surface area is 290 Å². The van der Waals surface area contributed by atoms with Crippen molar-refractivity contribution in [2.75, 3.05) is 0 Å². The van der Waals surface area contributed by atoms with Gasteiger partial charge in [0.2, 0.25) is 0 Å². The van der Waals surface area contributed by atoms with Crippen LogP contribution in [0.5, 0.6) is 0 Å². The summed E-state index contributed by atoms with van der Waals surface area (Å²) in [7, 11) is 0. The van der Waals surface area contributed by atoms with E-state index >= 15 is 0 Å². The van der Waals surface area contributed by atoms with Crippen LogP contribution in [0.15, 0.2) is 120 Å². The van der Waals surface area contributed by atoms with Gasteiger partial charge in [0, 0.05) is 37.9 Å². The molecule has 3 aromatic heterocycles. The molecule has 0 spiro atoms. The van der Waals surface area contributed by atoms with Crippen LogP contribution in [0, 0.1) is 31.4 Å². The van der Waals surface area contributed by atoms with E-state index in [0.717, 1.165) is 50.9 Å². The van der Waals surface area contributed by atoms with Gasteiger partial charge in [0.25, 0.3) is 0 Å². The maximum Gasteiger partial charge on any atom is 0.121 e. The normalized spacial score (nSPS) is 11.4. The minimum Gasteiger partial charge on any atom is -0.501 e. The van der Waals surface area contributed by atoms with E-state index < -0.39 is 0 Å². The number of aryl methyl sites for hydroxylation is 2. The van der Waals surface area contributed by atoms with Gasteiger partial charge in [-0.2, -0.15) is 0 Å². The molecule has 0 unspecified atom stereocenters. The smallest absolute Gasteiger partial charge is 0.121 e. The number of hydrogen-bond acceptors (Lipinski definition) is 3. The molecule has 235 valence electrons. The van der Waals surface area contributed by atoms with Crippen LogP contribution in [0.3, 0.4) is 0 Å². The zero-order chi connectivity index (χ0) is 31.8. The van der Waals surface area contributed by atoms with Crippen molar-refractivity contribution in [1.29, 1.82) is 0 Å². The van der Waals surface area contributed by atoms with Crippen molar-refractivity contribution >= 4 is 43.5 Å². The first-order chi connectivity index (χ1) is 22.2. The SMILES string of the molecule is Cc1ccc(-c2[c-]cccc2)nc1.Cc1cnc(-c2[c-]ccc3c2oc2cc4c(ccc5ccccc54)cc23)cc1CC(C)(C)C.[Ir]. The van der Waals surface area contributed by atoms with Crippen molar-refractivity contribution in [1.82, 2.24) is 9.97 Å². The second-order valence-electron chi connectivity index (χ2n) is 13.3. The summed E-state index contributed by atoms with van der Waals surface area (Å²) >= 11 is 0. The average molecular weight is 789 g/mol. The monoisotopic (exact) mass is 789 g/mol. The van der Waals surface area contributed by atoms with Crippen LogP contribution in [-0.2, 0) is 26.5 Å². The molecular weight excluding hydrogens is 753 g/mol. The molecule has 0 N–H and O–H groups in total. The van der Waals surface area contributed by atoms with Crippen LogP contribution in [0.4, 0.5) is 0 Å². The fraction of sp³-hybridized carbons (Fsp3) is 0.163. The molecule has 0 aliphatic rings. The van der Waals surface area contributed by atoms with Crippen LogP contribution in [0.1, 0.15) is 37.5 Å². The average Bonchev–Trinajstić information content (AvgIpc) is 3.43. The first-order valence-electron chi connectivity index (χ1n) is 15.8. The van der Waals surface area contributed by atoms with E-state index in [1.165, 1.54) is 38.2 Å². The van der Waals surface area contributed by atoms with Crippen LogP contribution in [-0.4, -0.2) is 9.97 Å². The third-order valence-corrected chi connectivity index (χ3v) is 8.38. The van der Waals surface area contributed by atoms with Gasteiger partial charge in [-0.15, -0.1) is 54.1 Å². The molecular formula is C43H36IrN2O-2. The molecule has 8 rings (SSSR count). The van der Waals surface area contributed by atoms with E-state index in [1.54, 1.807) is 0 Å². The molecule has 0 saturated carbocycles. The van der Waals surface area contributed by atoms with Gasteiger partial charge in [-0.25, -0.2) is 0 Å². The van der Waals surface area contributed by atoms with Crippen molar-refractivity contribution in [3.8, 4) is 22.5 Å². The number of fused-ring (bicyclic) bond motifs is 6. The van der Waals surface area contributed by atoms with Crippen LogP contribution >= 0.6 is 0 Å². The zero-order valence-electron chi connectivity index (χ0n) is 27.3. The van der Waals surface area contributed by atoms with Gasteiger partial charge in [-0.3, -0.25) is 0 Å². The Bertz CT molecular complexity index is 2330. The summed E-state index contributed by atoms with van der Waals surface area (Å²) in [6.07, 6.45) is 4.85. The van der Waals surface area contributed by atoms with Crippen LogP contribution in [0.2, 0.25) is 0 Å². The molecule has 3 heterocycles. The van der Waals surface area contributed by atoms with E-state index in [4.69, 9.17) is 9.40 Å². The quantitative estimate of drug-likeness (QED) is 0.132. The second-order valence-corrected chi connectivity index (χ2v) is 13.3. The Morgan fingerprint density at radius 3 is 2.21 bits per heavy atom. The van der Waals surface area contributed by atoms with Gasteiger partial charge in [-0.1, -0.05) is 91.9 Å². The molecule has 8 aromatic rings. The molecule has 0 aliphatic heterocycles. The van der Waals surface area contributed by atoms with Crippen molar-refractivity contribution in [3.05, 3.63) is 144 Å². The second kappa shape index (κ2) is 13.2. The van der Waals surface area contributed by atoms with Gasteiger partial charge in [0.15, 0.2) is 0 Å². The minimum absolute atomic E-state index is 0. The molecule has 0 aliphatic carbocycles. The minimum atomic E-state index is 0. The molecule has 0 fully saturated rings. The van der Waals surface area contributed by atoms with Gasteiger partial charge in [0.05, 0.1) is 5.58 Å². The molecule has 47 heavy (non-hydrogen) atoms. The summed E-state index contributed by atoms with van der Waals surface area (Å²) in [6.45, 7) is 11.0.